The summed E-state index contributed by atoms with van der Waals surface area (Å²) in [5.41, 5.74) is 0.445. The Morgan fingerprint density at radius 2 is 1.64 bits per heavy atom. The first kappa shape index (κ1) is 26.7. The lowest BCUT2D eigenvalue weighted by Gasteiger charge is -2.71. The van der Waals surface area contributed by atoms with E-state index in [1.165, 1.54) is 5.57 Å². The third-order valence-corrected chi connectivity index (χ3v) is 13.3. The molecule has 36 heavy (non-hydrogen) atoms. The van der Waals surface area contributed by atoms with Crippen molar-refractivity contribution in [2.45, 2.75) is 112 Å². The van der Waals surface area contributed by atoms with E-state index in [0.29, 0.717) is 12.3 Å². The Bertz CT molecular complexity index is 957. The van der Waals surface area contributed by atoms with Crippen LogP contribution in [0.2, 0.25) is 0 Å². The molecule has 4 saturated carbocycles. The minimum absolute atomic E-state index is 0.0167. The van der Waals surface area contributed by atoms with E-state index in [-0.39, 0.29) is 46.1 Å². The van der Waals surface area contributed by atoms with Crippen LogP contribution in [-0.2, 0) is 9.53 Å². The predicted octanol–water partition coefficient (Wildman–Crippen LogP) is 5.27. The summed E-state index contributed by atoms with van der Waals surface area (Å²) in [6, 6.07) is 0. The fraction of sp³-hybridized carbons (Fsp3) is 0.903. The fourth-order valence-corrected chi connectivity index (χ4v) is 11.0. The van der Waals surface area contributed by atoms with Crippen LogP contribution in [0.15, 0.2) is 11.6 Å². The van der Waals surface area contributed by atoms with Crippen molar-refractivity contribution in [1.29, 1.82) is 0 Å². The zero-order chi connectivity index (χ0) is 26.5. The molecule has 0 radical (unpaired) electrons. The monoisotopic (exact) mass is 502 g/mol. The maximum atomic E-state index is 13.4. The summed E-state index contributed by atoms with van der Waals surface area (Å²) in [5, 5.41) is 32.4. The number of aliphatic hydroxyl groups excluding tert-OH is 3. The Morgan fingerprint density at radius 3 is 2.28 bits per heavy atom. The number of rotatable bonds is 2. The number of aliphatic hydroxyl groups is 3. The van der Waals surface area contributed by atoms with Crippen LogP contribution in [0, 0.1) is 50.2 Å². The number of allylic oxidation sites excluding steroid dienone is 2. The molecule has 204 valence electrons. The Morgan fingerprint density at radius 1 is 0.972 bits per heavy atom. The second-order valence-corrected chi connectivity index (χ2v) is 15.2. The summed E-state index contributed by atoms with van der Waals surface area (Å²) in [6.07, 6.45) is 9.16. The number of fused-ring (bicyclic) bond motifs is 7. The molecule has 5 rings (SSSR count). The normalized spacial score (nSPS) is 53.7. The van der Waals surface area contributed by atoms with Gasteiger partial charge >= 0.3 is 5.97 Å². The molecule has 5 heteroatoms. The first-order valence-corrected chi connectivity index (χ1v) is 14.4. The maximum absolute atomic E-state index is 13.4. The molecule has 0 aromatic rings. The molecule has 0 heterocycles. The lowest BCUT2D eigenvalue weighted by molar-refractivity contribution is -0.243. The lowest BCUT2D eigenvalue weighted by Crippen LogP contribution is -2.68. The minimum Gasteiger partial charge on any atom is -0.469 e. The summed E-state index contributed by atoms with van der Waals surface area (Å²) >= 11 is 0. The van der Waals surface area contributed by atoms with Crippen molar-refractivity contribution in [3.05, 3.63) is 11.6 Å². The van der Waals surface area contributed by atoms with E-state index >= 15 is 0 Å². The van der Waals surface area contributed by atoms with Crippen LogP contribution in [0.1, 0.15) is 99.3 Å². The molecule has 0 aromatic heterocycles. The van der Waals surface area contributed by atoms with Crippen LogP contribution >= 0.6 is 0 Å². The van der Waals surface area contributed by atoms with Gasteiger partial charge in [-0.3, -0.25) is 4.79 Å². The first-order chi connectivity index (χ1) is 16.7. The highest BCUT2D eigenvalue weighted by Crippen LogP contribution is 2.75. The highest BCUT2D eigenvalue weighted by Gasteiger charge is 2.70. The maximum Gasteiger partial charge on any atom is 0.312 e. The zero-order valence-electron chi connectivity index (χ0n) is 23.7. The van der Waals surface area contributed by atoms with Crippen molar-refractivity contribution in [2.24, 2.45) is 50.2 Å². The molecule has 5 nitrogen and oxygen atoms in total. The van der Waals surface area contributed by atoms with Gasteiger partial charge in [0.25, 0.3) is 0 Å². The van der Waals surface area contributed by atoms with E-state index in [1.54, 1.807) is 7.11 Å². The molecule has 4 fully saturated rings. The van der Waals surface area contributed by atoms with E-state index in [9.17, 15) is 20.1 Å². The third kappa shape index (κ3) is 3.14. The van der Waals surface area contributed by atoms with Gasteiger partial charge in [0.2, 0.25) is 0 Å². The van der Waals surface area contributed by atoms with Gasteiger partial charge in [-0.15, -0.1) is 0 Å². The smallest absolute Gasteiger partial charge is 0.312 e. The third-order valence-electron chi connectivity index (χ3n) is 13.3. The van der Waals surface area contributed by atoms with Gasteiger partial charge in [-0.05, 0) is 97.2 Å². The second-order valence-electron chi connectivity index (χ2n) is 15.2. The topological polar surface area (TPSA) is 87.0 Å². The highest BCUT2D eigenvalue weighted by molar-refractivity contribution is 5.78. The van der Waals surface area contributed by atoms with Gasteiger partial charge < -0.3 is 20.1 Å². The number of hydrogen-bond donors (Lipinski definition) is 3. The highest BCUT2D eigenvalue weighted by atomic mass is 16.5. The minimum atomic E-state index is -0.893. The molecular formula is C31H50O5. The molecule has 0 unspecified atom stereocenters. The van der Waals surface area contributed by atoms with E-state index in [0.717, 1.165) is 51.4 Å². The Kier molecular flexibility index (Phi) is 5.97. The van der Waals surface area contributed by atoms with Gasteiger partial charge in [-0.1, -0.05) is 53.2 Å². The number of carbonyl (C=O) groups is 1. The van der Waals surface area contributed by atoms with Crippen LogP contribution in [0.25, 0.3) is 0 Å². The van der Waals surface area contributed by atoms with E-state index in [4.69, 9.17) is 4.74 Å². The zero-order valence-corrected chi connectivity index (χ0v) is 23.7. The molecule has 0 aliphatic heterocycles. The van der Waals surface area contributed by atoms with Crippen LogP contribution in [0.5, 0.6) is 0 Å². The standard InChI is InChI=1S/C31H50O5/c1-26(2)12-14-31(25(35)36-7)15-13-29(5)19(20(31)16-26)8-9-23-27(3)17-21(33)24(34)28(4,18-32)22(27)10-11-30(23,29)6/h8,20-24,32-34H,9-18H2,1-7H3/t20-,21+,22-,23+,24-,27-,28-,29+,30+,31-/m0/s1. The SMILES string of the molecule is COC(=O)[C@]12CCC(C)(C)C[C@H]1C1=CC[C@@H]3[C@@]4(C)C[C@@H](O)[C@H](O)[C@@](C)(CO)[C@H]4CC[C@@]3(C)[C@]1(C)CC2. The molecular weight excluding hydrogens is 452 g/mol. The van der Waals surface area contributed by atoms with Gasteiger partial charge in [0.1, 0.15) is 0 Å². The lowest BCUT2D eigenvalue weighted by atomic mass is 9.33. The largest absolute Gasteiger partial charge is 0.469 e. The van der Waals surface area contributed by atoms with Crippen LogP contribution < -0.4 is 0 Å². The molecule has 0 saturated heterocycles. The number of methoxy groups -OCH3 is 1. The number of carbonyl (C=O) groups excluding carboxylic acids is 1. The summed E-state index contributed by atoms with van der Waals surface area (Å²) < 4.78 is 5.47. The number of ether oxygens (including phenoxy) is 1. The summed E-state index contributed by atoms with van der Waals surface area (Å²) in [5.74, 6) is 0.721. The van der Waals surface area contributed by atoms with Crippen molar-refractivity contribution >= 4 is 5.97 Å². The number of esters is 1. The summed E-state index contributed by atoms with van der Waals surface area (Å²) in [4.78, 5) is 13.4. The molecule has 5 aliphatic carbocycles. The van der Waals surface area contributed by atoms with Crippen molar-refractivity contribution in [3.8, 4) is 0 Å². The molecule has 0 amide bonds. The molecule has 3 N–H and O–H groups in total. The molecule has 5 aliphatic rings. The van der Waals surface area contributed by atoms with E-state index in [2.05, 4.69) is 40.7 Å². The second kappa shape index (κ2) is 8.05. The Hall–Kier alpha value is -0.910. The fourth-order valence-electron chi connectivity index (χ4n) is 11.0. The van der Waals surface area contributed by atoms with Crippen molar-refractivity contribution in [1.82, 2.24) is 0 Å². The van der Waals surface area contributed by atoms with E-state index < -0.39 is 23.0 Å². The van der Waals surface area contributed by atoms with Gasteiger partial charge in [0, 0.05) is 5.41 Å². The first-order valence-electron chi connectivity index (χ1n) is 14.4. The van der Waals surface area contributed by atoms with Crippen LogP contribution in [0.4, 0.5) is 0 Å². The Balaban J connectivity index is 1.61. The van der Waals surface area contributed by atoms with Crippen molar-refractivity contribution < 1.29 is 24.9 Å². The quantitative estimate of drug-likeness (QED) is 0.354. The molecule has 0 spiro atoms. The average Bonchev–Trinajstić information content (AvgIpc) is 2.82. The summed E-state index contributed by atoms with van der Waals surface area (Å²) in [6.45, 7) is 13.9. The van der Waals surface area contributed by atoms with Crippen molar-refractivity contribution in [3.63, 3.8) is 0 Å². The number of hydrogen-bond acceptors (Lipinski definition) is 5. The van der Waals surface area contributed by atoms with Gasteiger partial charge in [0.15, 0.2) is 0 Å². The van der Waals surface area contributed by atoms with Gasteiger partial charge in [0.05, 0.1) is 31.3 Å². The molecule has 0 aromatic carbocycles. The Labute approximate surface area is 218 Å². The predicted molar refractivity (Wildman–Crippen MR) is 140 cm³/mol. The van der Waals surface area contributed by atoms with Crippen LogP contribution in [-0.4, -0.2) is 47.2 Å². The molecule has 0 bridgehead atoms. The van der Waals surface area contributed by atoms with E-state index in [1.807, 2.05) is 6.92 Å². The van der Waals surface area contributed by atoms with Crippen molar-refractivity contribution in [2.75, 3.05) is 13.7 Å². The van der Waals surface area contributed by atoms with Gasteiger partial charge in [-0.25, -0.2) is 0 Å². The van der Waals surface area contributed by atoms with Crippen LogP contribution in [0.3, 0.4) is 0 Å². The average molecular weight is 503 g/mol. The van der Waals surface area contributed by atoms with Gasteiger partial charge in [-0.2, -0.15) is 0 Å². The summed E-state index contributed by atoms with van der Waals surface area (Å²) in [7, 11) is 1.55. The molecule has 10 atom stereocenters.